The quantitative estimate of drug-likeness (QED) is 0.584. The zero-order chi connectivity index (χ0) is 11.5. The first-order valence-electron chi connectivity index (χ1n) is 4.96. The van der Waals surface area contributed by atoms with Gasteiger partial charge in [-0.2, -0.15) is 0 Å². The number of aromatic nitrogens is 1. The van der Waals surface area contributed by atoms with E-state index in [1.807, 2.05) is 19.1 Å². The van der Waals surface area contributed by atoms with Crippen molar-refractivity contribution in [3.05, 3.63) is 33.5 Å². The highest BCUT2D eigenvalue weighted by atomic mass is 127. The molecule has 0 aliphatic rings. The molecule has 0 saturated carbocycles. The molecule has 1 heterocycles. The maximum Gasteiger partial charge on any atom is 0.129 e. The zero-order valence-electron chi connectivity index (χ0n) is 8.84. The molecular formula is C12H11BrINO. The van der Waals surface area contributed by atoms with Crippen LogP contribution in [0.15, 0.2) is 24.3 Å². The Hall–Kier alpha value is -0.360. The summed E-state index contributed by atoms with van der Waals surface area (Å²) in [6, 6.07) is 8.19. The molecule has 2 nitrogen and oxygen atoms in total. The van der Waals surface area contributed by atoms with Crippen molar-refractivity contribution in [2.45, 2.75) is 6.92 Å². The second-order valence-corrected chi connectivity index (χ2v) is 5.50. The van der Waals surface area contributed by atoms with Gasteiger partial charge in [-0.3, -0.25) is 4.98 Å². The number of nitrogens with zero attached hydrogens (tertiary/aromatic N) is 1. The van der Waals surface area contributed by atoms with Crippen molar-refractivity contribution in [2.75, 3.05) is 11.9 Å². The van der Waals surface area contributed by atoms with Gasteiger partial charge in [0.1, 0.15) is 5.75 Å². The highest BCUT2D eigenvalue weighted by Crippen LogP contribution is 2.27. The maximum absolute atomic E-state index is 5.70. The van der Waals surface area contributed by atoms with E-state index in [-0.39, 0.29) is 0 Å². The highest BCUT2D eigenvalue weighted by Gasteiger charge is 2.05. The maximum atomic E-state index is 5.70. The van der Waals surface area contributed by atoms with E-state index in [9.17, 15) is 0 Å². The second-order valence-electron chi connectivity index (χ2n) is 3.46. The summed E-state index contributed by atoms with van der Waals surface area (Å²) in [6.45, 7) is 2.67. The van der Waals surface area contributed by atoms with Crippen molar-refractivity contribution in [2.24, 2.45) is 0 Å². The normalized spacial score (nSPS) is 10.7. The molecule has 0 unspecified atom stereocenters. The molecule has 0 spiro atoms. The Morgan fingerprint density at radius 2 is 2.19 bits per heavy atom. The number of benzene rings is 1. The van der Waals surface area contributed by atoms with E-state index in [1.54, 1.807) is 0 Å². The lowest BCUT2D eigenvalue weighted by Crippen LogP contribution is -1.99. The van der Waals surface area contributed by atoms with Crippen molar-refractivity contribution in [3.63, 3.8) is 0 Å². The van der Waals surface area contributed by atoms with Crippen LogP contribution >= 0.6 is 38.5 Å². The van der Waals surface area contributed by atoms with E-state index < -0.39 is 0 Å². The third-order valence-corrected chi connectivity index (χ3v) is 3.15. The summed E-state index contributed by atoms with van der Waals surface area (Å²) in [5, 5.41) is 1.91. The van der Waals surface area contributed by atoms with Crippen LogP contribution in [0.5, 0.6) is 5.75 Å². The van der Waals surface area contributed by atoms with Crippen molar-refractivity contribution in [3.8, 4) is 5.75 Å². The average Bonchev–Trinajstić information content (AvgIpc) is 2.25. The first kappa shape index (κ1) is 12.1. The number of pyridine rings is 1. The predicted molar refractivity (Wildman–Crippen MR) is 78.5 cm³/mol. The molecule has 0 atom stereocenters. The van der Waals surface area contributed by atoms with E-state index in [0.717, 1.165) is 31.2 Å². The Morgan fingerprint density at radius 3 is 2.94 bits per heavy atom. The molecule has 0 N–H and O–H groups in total. The molecule has 0 saturated heterocycles. The summed E-state index contributed by atoms with van der Waals surface area (Å²) in [4.78, 5) is 4.51. The fourth-order valence-electron chi connectivity index (χ4n) is 1.54. The van der Waals surface area contributed by atoms with Gasteiger partial charge in [0, 0.05) is 20.0 Å². The Kier molecular flexibility index (Phi) is 4.02. The molecule has 16 heavy (non-hydrogen) atoms. The van der Waals surface area contributed by atoms with Crippen LogP contribution in [-0.2, 0) is 0 Å². The Morgan fingerprint density at radius 1 is 1.38 bits per heavy atom. The smallest absolute Gasteiger partial charge is 0.129 e. The molecule has 2 rings (SSSR count). The average molecular weight is 392 g/mol. The molecule has 4 heteroatoms. The van der Waals surface area contributed by atoms with Crippen LogP contribution in [0.3, 0.4) is 0 Å². The molecule has 1 aromatic carbocycles. The fourth-order valence-corrected chi connectivity index (χ4v) is 2.28. The first-order valence-corrected chi connectivity index (χ1v) is 7.16. The van der Waals surface area contributed by atoms with Crippen molar-refractivity contribution in [1.29, 1.82) is 0 Å². The van der Waals surface area contributed by atoms with Crippen LogP contribution in [0.4, 0.5) is 0 Å². The highest BCUT2D eigenvalue weighted by molar-refractivity contribution is 14.1. The summed E-state index contributed by atoms with van der Waals surface area (Å²) in [5.41, 5.74) is 2.03. The first-order chi connectivity index (χ1) is 7.70. The lowest BCUT2D eigenvalue weighted by atomic mass is 10.2. The van der Waals surface area contributed by atoms with Crippen LogP contribution in [0, 0.1) is 10.5 Å². The second kappa shape index (κ2) is 5.31. The standard InChI is InChI=1S/C12H11BrINO/c1-8-2-3-10-11(15-8)6-9(14)7-12(10)16-5-4-13/h2-3,6-7H,4-5H2,1H3. The van der Waals surface area contributed by atoms with Crippen LogP contribution in [-0.4, -0.2) is 16.9 Å². The number of hydrogen-bond acceptors (Lipinski definition) is 2. The minimum absolute atomic E-state index is 0.670. The van der Waals surface area contributed by atoms with Gasteiger partial charge in [0.15, 0.2) is 0 Å². The van der Waals surface area contributed by atoms with Crippen molar-refractivity contribution in [1.82, 2.24) is 4.98 Å². The number of alkyl halides is 1. The third-order valence-electron chi connectivity index (χ3n) is 2.21. The predicted octanol–water partition coefficient (Wildman–Crippen LogP) is 3.92. The lowest BCUT2D eigenvalue weighted by molar-refractivity contribution is 0.349. The number of rotatable bonds is 3. The number of ether oxygens (including phenoxy) is 1. The minimum atomic E-state index is 0.670. The van der Waals surface area contributed by atoms with Gasteiger partial charge in [0.2, 0.25) is 0 Å². The molecule has 0 aliphatic heterocycles. The topological polar surface area (TPSA) is 22.1 Å². The van der Waals surface area contributed by atoms with Gasteiger partial charge in [-0.1, -0.05) is 15.9 Å². The van der Waals surface area contributed by atoms with Crippen LogP contribution in [0.25, 0.3) is 10.9 Å². The molecule has 0 radical (unpaired) electrons. The molecule has 84 valence electrons. The van der Waals surface area contributed by atoms with E-state index in [1.165, 1.54) is 0 Å². The lowest BCUT2D eigenvalue weighted by Gasteiger charge is -2.09. The van der Waals surface area contributed by atoms with E-state index in [4.69, 9.17) is 4.74 Å². The van der Waals surface area contributed by atoms with Crippen molar-refractivity contribution < 1.29 is 4.74 Å². The van der Waals surface area contributed by atoms with Gasteiger partial charge < -0.3 is 4.74 Å². The van der Waals surface area contributed by atoms with Gasteiger partial charge in [0.25, 0.3) is 0 Å². The van der Waals surface area contributed by atoms with Crippen LogP contribution < -0.4 is 4.74 Å². The summed E-state index contributed by atoms with van der Waals surface area (Å²) < 4.78 is 6.84. The molecule has 0 fully saturated rings. The van der Waals surface area contributed by atoms with Gasteiger partial charge in [-0.05, 0) is 53.8 Å². The van der Waals surface area contributed by atoms with Crippen LogP contribution in [0.1, 0.15) is 5.69 Å². The molecule has 0 aliphatic carbocycles. The Balaban J connectivity index is 2.54. The fraction of sp³-hybridized carbons (Fsp3) is 0.250. The van der Waals surface area contributed by atoms with E-state index >= 15 is 0 Å². The molecular weight excluding hydrogens is 381 g/mol. The Labute approximate surface area is 117 Å². The summed E-state index contributed by atoms with van der Waals surface area (Å²) in [6.07, 6.45) is 0. The third kappa shape index (κ3) is 2.66. The molecule has 0 amide bonds. The van der Waals surface area contributed by atoms with Crippen molar-refractivity contribution >= 4 is 49.4 Å². The molecule has 2 aromatic rings. The monoisotopic (exact) mass is 391 g/mol. The zero-order valence-corrected chi connectivity index (χ0v) is 12.6. The molecule has 1 aromatic heterocycles. The largest absolute Gasteiger partial charge is 0.492 e. The number of halogens is 2. The summed E-state index contributed by atoms with van der Waals surface area (Å²) in [5.74, 6) is 0.911. The van der Waals surface area contributed by atoms with Gasteiger partial charge in [-0.25, -0.2) is 0 Å². The van der Waals surface area contributed by atoms with Gasteiger partial charge >= 0.3 is 0 Å². The Bertz CT molecular complexity index is 510. The number of aryl methyl sites for hydroxylation is 1. The summed E-state index contributed by atoms with van der Waals surface area (Å²) in [7, 11) is 0. The minimum Gasteiger partial charge on any atom is -0.492 e. The van der Waals surface area contributed by atoms with E-state index in [2.05, 4.69) is 55.6 Å². The van der Waals surface area contributed by atoms with Gasteiger partial charge in [0.05, 0.1) is 12.1 Å². The number of hydrogen-bond donors (Lipinski definition) is 0. The SMILES string of the molecule is Cc1ccc2c(OCCBr)cc(I)cc2n1. The van der Waals surface area contributed by atoms with Crippen LogP contribution in [0.2, 0.25) is 0 Å². The summed E-state index contributed by atoms with van der Waals surface area (Å²) >= 11 is 5.64. The molecule has 0 bridgehead atoms. The number of fused-ring (bicyclic) bond motifs is 1. The van der Waals surface area contributed by atoms with Gasteiger partial charge in [-0.15, -0.1) is 0 Å². The van der Waals surface area contributed by atoms with E-state index in [0.29, 0.717) is 6.61 Å².